The Bertz CT molecular complexity index is 1460. The third kappa shape index (κ3) is 3.95. The number of thioether (sulfide) groups is 1. The molecule has 4 heterocycles. The lowest BCUT2D eigenvalue weighted by Gasteiger charge is -2.49. The normalized spacial score (nSPS) is 19.8. The predicted octanol–water partition coefficient (Wildman–Crippen LogP) is -0.311. The highest BCUT2D eigenvalue weighted by molar-refractivity contribution is 8.00. The standard InChI is InChI=1S/C21H20N8O5S2/c1-27-12-5-3-4-6-13(12)28(26-27)7-10-8-35-19-15(18(31)29(19)16(10)20(32)33)24-17(30)14(25-34-2)11-9-36-21(22)23-11/h3-6,9,15,19H,7-8H2,1-2H3,(H3-,22,23,24,30,32,33)/p+1/b25-14+. The van der Waals surface area contributed by atoms with Gasteiger partial charge in [0.15, 0.2) is 21.9 Å². The van der Waals surface area contributed by atoms with Gasteiger partial charge in [0.1, 0.15) is 43.5 Å². The minimum atomic E-state index is -1.21. The number of hydrogen-bond acceptors (Lipinski definition) is 10. The molecule has 15 heteroatoms. The van der Waals surface area contributed by atoms with Gasteiger partial charge in [-0.1, -0.05) is 17.3 Å². The highest BCUT2D eigenvalue weighted by atomic mass is 32.2. The molecule has 4 N–H and O–H groups in total. The zero-order valence-electron chi connectivity index (χ0n) is 19.1. The van der Waals surface area contributed by atoms with Gasteiger partial charge in [-0.15, -0.1) is 32.5 Å². The van der Waals surface area contributed by atoms with Crippen molar-refractivity contribution < 1.29 is 29.0 Å². The molecule has 0 aliphatic carbocycles. The minimum Gasteiger partial charge on any atom is -0.477 e. The summed E-state index contributed by atoms with van der Waals surface area (Å²) < 4.78 is 3.43. The molecule has 5 rings (SSSR count). The Balaban J connectivity index is 1.38. The average Bonchev–Trinajstić information content (AvgIpc) is 3.43. The van der Waals surface area contributed by atoms with Gasteiger partial charge in [-0.05, 0) is 12.1 Å². The second-order valence-electron chi connectivity index (χ2n) is 7.97. The molecule has 2 aliphatic heterocycles. The van der Waals surface area contributed by atoms with E-state index in [0.29, 0.717) is 11.3 Å². The number of anilines is 1. The van der Waals surface area contributed by atoms with Crippen molar-refractivity contribution in [2.75, 3.05) is 18.6 Å². The molecule has 3 aromatic rings. The van der Waals surface area contributed by atoms with Crippen molar-refractivity contribution in [2.45, 2.75) is 18.0 Å². The summed E-state index contributed by atoms with van der Waals surface area (Å²) in [6.45, 7) is 0.208. The van der Waals surface area contributed by atoms with Crippen LogP contribution in [-0.2, 0) is 32.8 Å². The van der Waals surface area contributed by atoms with Crippen LogP contribution < -0.4 is 15.7 Å². The topological polar surface area (TPSA) is 169 Å². The van der Waals surface area contributed by atoms with Gasteiger partial charge in [0.05, 0.1) is 5.21 Å². The van der Waals surface area contributed by atoms with E-state index in [-0.39, 0.29) is 28.8 Å². The number of aryl methyl sites for hydroxylation is 1. The zero-order chi connectivity index (χ0) is 25.6. The monoisotopic (exact) mass is 529 g/mol. The number of amides is 2. The van der Waals surface area contributed by atoms with E-state index >= 15 is 0 Å². The van der Waals surface area contributed by atoms with E-state index in [1.165, 1.54) is 23.8 Å². The van der Waals surface area contributed by atoms with Gasteiger partial charge in [0.2, 0.25) is 0 Å². The number of nitrogen functional groups attached to an aromatic ring is 1. The maximum atomic E-state index is 13.1. The van der Waals surface area contributed by atoms with Gasteiger partial charge >= 0.3 is 5.97 Å². The Morgan fingerprint density at radius 1 is 1.39 bits per heavy atom. The first-order valence-electron chi connectivity index (χ1n) is 10.7. The van der Waals surface area contributed by atoms with Gasteiger partial charge in [-0.2, -0.15) is 0 Å². The van der Waals surface area contributed by atoms with Crippen LogP contribution in [0.1, 0.15) is 5.69 Å². The van der Waals surface area contributed by atoms with Crippen LogP contribution in [0, 0.1) is 0 Å². The van der Waals surface area contributed by atoms with E-state index in [4.69, 9.17) is 10.6 Å². The average molecular weight is 530 g/mol. The number of nitrogens with zero attached hydrogens (tertiary/aromatic N) is 6. The summed E-state index contributed by atoms with van der Waals surface area (Å²) in [5.74, 6) is -2.07. The lowest BCUT2D eigenvalue weighted by molar-refractivity contribution is -0.709. The number of nitrogens with two attached hydrogens (primary N) is 1. The molecule has 36 heavy (non-hydrogen) atoms. The Morgan fingerprint density at radius 3 is 2.86 bits per heavy atom. The van der Waals surface area contributed by atoms with E-state index in [1.807, 2.05) is 31.3 Å². The lowest BCUT2D eigenvalue weighted by atomic mass is 10.0. The maximum absolute atomic E-state index is 13.1. The molecule has 0 radical (unpaired) electrons. The fraction of sp³-hybridized carbons (Fsp3) is 0.286. The summed E-state index contributed by atoms with van der Waals surface area (Å²) in [4.78, 5) is 48.2. The van der Waals surface area contributed by atoms with E-state index in [0.717, 1.165) is 22.4 Å². The van der Waals surface area contributed by atoms with Crippen molar-refractivity contribution in [3.63, 3.8) is 0 Å². The molecule has 2 aliphatic rings. The summed E-state index contributed by atoms with van der Waals surface area (Å²) >= 11 is 2.50. The maximum Gasteiger partial charge on any atom is 0.352 e. The smallest absolute Gasteiger partial charge is 0.352 e. The molecule has 1 aromatic carbocycles. The number of aliphatic carboxylic acids is 1. The Morgan fingerprint density at radius 2 is 2.17 bits per heavy atom. The highest BCUT2D eigenvalue weighted by Crippen LogP contribution is 2.40. The first kappa shape index (κ1) is 23.7. The van der Waals surface area contributed by atoms with Crippen LogP contribution in [0.15, 0.2) is 46.1 Å². The number of aromatic nitrogens is 4. The first-order chi connectivity index (χ1) is 17.3. The molecule has 2 atom stereocenters. The largest absolute Gasteiger partial charge is 0.477 e. The van der Waals surface area contributed by atoms with Crippen LogP contribution in [0.25, 0.3) is 11.0 Å². The second kappa shape index (κ2) is 9.23. The Kier molecular flexibility index (Phi) is 6.09. The number of carboxylic acids is 1. The SMILES string of the molecule is CO/N=C(/C(=O)NC1C(=O)N2C(C(=O)O)=C(Cn3n[n+](C)c4ccccc43)CSC12)c1csc(N)n1. The lowest BCUT2D eigenvalue weighted by Crippen LogP contribution is -2.71. The molecule has 0 spiro atoms. The van der Waals surface area contributed by atoms with Crippen molar-refractivity contribution in [2.24, 2.45) is 12.2 Å². The number of benzene rings is 1. The molecular formula is C21H21N8O5S2+. The fourth-order valence-corrected chi connectivity index (χ4v) is 6.10. The Hall–Kier alpha value is -3.98. The third-order valence-electron chi connectivity index (χ3n) is 5.79. The predicted molar refractivity (Wildman–Crippen MR) is 131 cm³/mol. The van der Waals surface area contributed by atoms with E-state index in [1.54, 1.807) is 14.7 Å². The third-order valence-corrected chi connectivity index (χ3v) is 7.80. The quantitative estimate of drug-likeness (QED) is 0.161. The number of carboxylic acid groups (broad SMARTS) is 1. The van der Waals surface area contributed by atoms with Crippen molar-refractivity contribution in [1.29, 1.82) is 0 Å². The molecule has 1 fully saturated rings. The van der Waals surface area contributed by atoms with E-state index < -0.39 is 29.2 Å². The number of oxime groups is 1. The zero-order valence-corrected chi connectivity index (χ0v) is 20.7. The van der Waals surface area contributed by atoms with Crippen molar-refractivity contribution in [1.82, 2.24) is 25.1 Å². The van der Waals surface area contributed by atoms with Crippen molar-refractivity contribution in [3.8, 4) is 0 Å². The molecule has 0 bridgehead atoms. The van der Waals surface area contributed by atoms with Crippen LogP contribution >= 0.6 is 23.1 Å². The van der Waals surface area contributed by atoms with E-state index in [9.17, 15) is 19.5 Å². The fourth-order valence-electron chi connectivity index (χ4n) is 4.22. The number of β-lactam (4-membered cyclic amide) rings is 1. The van der Waals surface area contributed by atoms with Crippen molar-refractivity contribution >= 4 is 62.8 Å². The summed E-state index contributed by atoms with van der Waals surface area (Å²) in [6.07, 6.45) is 0. The van der Waals surface area contributed by atoms with Crippen molar-refractivity contribution in [3.05, 3.63) is 46.6 Å². The molecule has 0 saturated carbocycles. The van der Waals surface area contributed by atoms with Crippen LogP contribution in [0.5, 0.6) is 0 Å². The number of thiazole rings is 1. The summed E-state index contributed by atoms with van der Waals surface area (Å²) in [7, 11) is 3.09. The number of hydrogen-bond donors (Lipinski definition) is 3. The van der Waals surface area contributed by atoms with Gasteiger partial charge in [0.25, 0.3) is 11.8 Å². The minimum absolute atomic E-state index is 0.0884. The van der Waals surface area contributed by atoms with Gasteiger partial charge in [-0.25, -0.2) is 9.78 Å². The Labute approximate surface area is 212 Å². The molecule has 2 amide bonds. The molecular weight excluding hydrogens is 508 g/mol. The highest BCUT2D eigenvalue weighted by Gasteiger charge is 2.54. The number of para-hydroxylation sites is 2. The molecule has 1 saturated heterocycles. The van der Waals surface area contributed by atoms with Crippen LogP contribution in [0.4, 0.5) is 5.13 Å². The molecule has 2 unspecified atom stereocenters. The van der Waals surface area contributed by atoms with Crippen LogP contribution in [0.2, 0.25) is 0 Å². The number of nitrogens with one attached hydrogen (secondary N) is 1. The summed E-state index contributed by atoms with van der Waals surface area (Å²) in [5.41, 5.74) is 7.94. The number of carbonyl (C=O) groups excluding carboxylic acids is 2. The van der Waals surface area contributed by atoms with Crippen LogP contribution in [0.3, 0.4) is 0 Å². The van der Waals surface area contributed by atoms with Gasteiger partial charge in [0, 0.05) is 16.7 Å². The molecule has 186 valence electrons. The van der Waals surface area contributed by atoms with Crippen LogP contribution in [-0.4, -0.2) is 72.7 Å². The number of fused-ring (bicyclic) bond motifs is 2. The van der Waals surface area contributed by atoms with Gasteiger partial charge < -0.3 is 21.0 Å². The first-order valence-corrected chi connectivity index (χ1v) is 12.6. The van der Waals surface area contributed by atoms with E-state index in [2.05, 4.69) is 20.7 Å². The number of rotatable bonds is 7. The summed E-state index contributed by atoms with van der Waals surface area (Å²) in [6, 6.07) is 6.67. The molecule has 13 nitrogen and oxygen atoms in total. The second-order valence-corrected chi connectivity index (χ2v) is 9.97. The molecule has 2 aromatic heterocycles. The van der Waals surface area contributed by atoms with Gasteiger partial charge in [-0.3, -0.25) is 14.5 Å². The number of carbonyl (C=O) groups is 3. The summed E-state index contributed by atoms with van der Waals surface area (Å²) in [5, 5.41) is 22.0.